The molecule has 1 heterocycles. The molecule has 1 aliphatic rings. The van der Waals surface area contributed by atoms with Crippen LogP contribution < -0.4 is 0 Å². The van der Waals surface area contributed by atoms with Gasteiger partial charge in [-0.25, -0.2) is 4.39 Å². The van der Waals surface area contributed by atoms with Gasteiger partial charge in [0.25, 0.3) is 0 Å². The zero-order valence-corrected chi connectivity index (χ0v) is 14.7. The molecule has 3 rings (SSSR count). The highest BCUT2D eigenvalue weighted by molar-refractivity contribution is 5.76. The fraction of sp³-hybridized carbons (Fsp3) is 0.409. The SMILES string of the molecule is O=C(CCCc1ccccc1)N1CCCC[C@H](c2ccc(F)cc2)C1. The molecule has 1 aliphatic heterocycles. The van der Waals surface area contributed by atoms with Crippen LogP contribution >= 0.6 is 0 Å². The predicted molar refractivity (Wildman–Crippen MR) is 99.0 cm³/mol. The quantitative estimate of drug-likeness (QED) is 0.755. The van der Waals surface area contributed by atoms with Gasteiger partial charge in [0.2, 0.25) is 5.91 Å². The highest BCUT2D eigenvalue weighted by atomic mass is 19.1. The number of carbonyl (C=O) groups excluding carboxylic acids is 1. The van der Waals surface area contributed by atoms with Crippen LogP contribution in [0.5, 0.6) is 0 Å². The number of hydrogen-bond donors (Lipinski definition) is 0. The molecule has 0 unspecified atom stereocenters. The first-order valence-electron chi connectivity index (χ1n) is 9.29. The Morgan fingerprint density at radius 3 is 2.56 bits per heavy atom. The monoisotopic (exact) mass is 339 g/mol. The van der Waals surface area contributed by atoms with Gasteiger partial charge in [0, 0.05) is 25.4 Å². The number of halogens is 1. The van der Waals surface area contributed by atoms with Crippen LogP contribution in [0.15, 0.2) is 54.6 Å². The predicted octanol–water partition coefficient (Wildman–Crippen LogP) is 4.94. The van der Waals surface area contributed by atoms with E-state index in [9.17, 15) is 9.18 Å². The van der Waals surface area contributed by atoms with Crippen molar-refractivity contribution in [2.45, 2.75) is 44.4 Å². The molecule has 0 aromatic heterocycles. The Morgan fingerprint density at radius 1 is 1.04 bits per heavy atom. The van der Waals surface area contributed by atoms with E-state index in [0.717, 1.165) is 50.8 Å². The molecule has 0 aliphatic carbocycles. The average molecular weight is 339 g/mol. The zero-order chi connectivity index (χ0) is 17.5. The van der Waals surface area contributed by atoms with E-state index in [1.165, 1.54) is 17.7 Å². The third-order valence-electron chi connectivity index (χ3n) is 5.06. The minimum absolute atomic E-state index is 0.203. The van der Waals surface area contributed by atoms with E-state index < -0.39 is 0 Å². The van der Waals surface area contributed by atoms with Gasteiger partial charge in [-0.15, -0.1) is 0 Å². The van der Waals surface area contributed by atoms with Crippen molar-refractivity contribution in [1.29, 1.82) is 0 Å². The number of aryl methyl sites for hydroxylation is 1. The van der Waals surface area contributed by atoms with Crippen LogP contribution in [0.4, 0.5) is 4.39 Å². The minimum atomic E-state index is -0.203. The number of hydrogen-bond acceptors (Lipinski definition) is 1. The largest absolute Gasteiger partial charge is 0.342 e. The van der Waals surface area contributed by atoms with E-state index in [-0.39, 0.29) is 11.7 Å². The summed E-state index contributed by atoms with van der Waals surface area (Å²) in [6.45, 7) is 1.61. The first-order chi connectivity index (χ1) is 12.2. The normalized spacial score (nSPS) is 18.0. The Hall–Kier alpha value is -2.16. The van der Waals surface area contributed by atoms with E-state index in [1.807, 2.05) is 35.2 Å². The standard InChI is InChI=1S/C22H26FNO/c23-21-14-12-19(13-15-21)20-10-4-5-16-24(17-20)22(25)11-6-9-18-7-2-1-3-8-18/h1-3,7-8,12-15,20H,4-6,9-11,16-17H2/t20-/m0/s1. The molecule has 0 bridgehead atoms. The van der Waals surface area contributed by atoms with Crippen molar-refractivity contribution in [3.05, 3.63) is 71.5 Å². The van der Waals surface area contributed by atoms with Gasteiger partial charge in [-0.05, 0) is 48.9 Å². The Labute approximate surface area is 149 Å². The van der Waals surface area contributed by atoms with Gasteiger partial charge in [0.1, 0.15) is 5.82 Å². The highest BCUT2D eigenvalue weighted by Crippen LogP contribution is 2.27. The van der Waals surface area contributed by atoms with Crippen molar-refractivity contribution in [2.24, 2.45) is 0 Å². The van der Waals surface area contributed by atoms with E-state index in [4.69, 9.17) is 0 Å². The van der Waals surface area contributed by atoms with Crippen molar-refractivity contribution in [3.63, 3.8) is 0 Å². The Balaban J connectivity index is 1.54. The molecule has 0 radical (unpaired) electrons. The maximum absolute atomic E-state index is 13.2. The van der Waals surface area contributed by atoms with Crippen LogP contribution in [-0.2, 0) is 11.2 Å². The molecule has 2 aromatic carbocycles. The fourth-order valence-electron chi connectivity index (χ4n) is 3.62. The van der Waals surface area contributed by atoms with Gasteiger partial charge >= 0.3 is 0 Å². The van der Waals surface area contributed by atoms with Crippen LogP contribution in [-0.4, -0.2) is 23.9 Å². The first kappa shape index (κ1) is 17.7. The number of likely N-dealkylation sites (tertiary alicyclic amines) is 1. The molecule has 2 nitrogen and oxygen atoms in total. The molecule has 1 fully saturated rings. The molecule has 1 saturated heterocycles. The molecule has 0 saturated carbocycles. The molecule has 1 amide bonds. The molecule has 0 spiro atoms. The summed E-state index contributed by atoms with van der Waals surface area (Å²) in [5, 5.41) is 0. The second-order valence-corrected chi connectivity index (χ2v) is 6.92. The Morgan fingerprint density at radius 2 is 1.80 bits per heavy atom. The first-order valence-corrected chi connectivity index (χ1v) is 9.29. The number of nitrogens with zero attached hydrogens (tertiary/aromatic N) is 1. The minimum Gasteiger partial charge on any atom is -0.342 e. The number of carbonyl (C=O) groups is 1. The second-order valence-electron chi connectivity index (χ2n) is 6.92. The third kappa shape index (κ3) is 5.15. The van der Waals surface area contributed by atoms with Crippen molar-refractivity contribution in [1.82, 2.24) is 4.90 Å². The number of amides is 1. The summed E-state index contributed by atoms with van der Waals surface area (Å²) in [4.78, 5) is 14.7. The average Bonchev–Trinajstić information content (AvgIpc) is 2.89. The van der Waals surface area contributed by atoms with Crippen molar-refractivity contribution < 1.29 is 9.18 Å². The second kappa shape index (κ2) is 8.80. The molecule has 1 atom stereocenters. The Bertz CT molecular complexity index is 668. The van der Waals surface area contributed by atoms with E-state index in [1.54, 1.807) is 0 Å². The summed E-state index contributed by atoms with van der Waals surface area (Å²) in [7, 11) is 0. The smallest absolute Gasteiger partial charge is 0.222 e. The van der Waals surface area contributed by atoms with Crippen molar-refractivity contribution in [2.75, 3.05) is 13.1 Å². The molecule has 2 aromatic rings. The zero-order valence-electron chi connectivity index (χ0n) is 14.7. The van der Waals surface area contributed by atoms with Gasteiger partial charge in [-0.2, -0.15) is 0 Å². The molecule has 132 valence electrons. The number of benzene rings is 2. The Kier molecular flexibility index (Phi) is 6.21. The number of rotatable bonds is 5. The summed E-state index contributed by atoms with van der Waals surface area (Å²) in [6.07, 6.45) is 5.69. The van der Waals surface area contributed by atoms with Gasteiger partial charge in [-0.1, -0.05) is 48.9 Å². The lowest BCUT2D eigenvalue weighted by Crippen LogP contribution is -2.34. The molecular formula is C22H26FNO. The summed E-state index contributed by atoms with van der Waals surface area (Å²) in [5.41, 5.74) is 2.43. The van der Waals surface area contributed by atoms with Crippen molar-refractivity contribution >= 4 is 5.91 Å². The maximum Gasteiger partial charge on any atom is 0.222 e. The van der Waals surface area contributed by atoms with Gasteiger partial charge in [0.15, 0.2) is 0 Å². The molecular weight excluding hydrogens is 313 g/mol. The van der Waals surface area contributed by atoms with Crippen LogP contribution in [0.1, 0.15) is 49.1 Å². The maximum atomic E-state index is 13.2. The third-order valence-corrected chi connectivity index (χ3v) is 5.06. The lowest BCUT2D eigenvalue weighted by atomic mass is 9.94. The van der Waals surface area contributed by atoms with Gasteiger partial charge in [0.05, 0.1) is 0 Å². The van der Waals surface area contributed by atoms with Gasteiger partial charge < -0.3 is 4.90 Å². The lowest BCUT2D eigenvalue weighted by molar-refractivity contribution is -0.131. The highest BCUT2D eigenvalue weighted by Gasteiger charge is 2.22. The van der Waals surface area contributed by atoms with Crippen LogP contribution in [0.25, 0.3) is 0 Å². The van der Waals surface area contributed by atoms with Crippen LogP contribution in [0.3, 0.4) is 0 Å². The topological polar surface area (TPSA) is 20.3 Å². The van der Waals surface area contributed by atoms with Gasteiger partial charge in [-0.3, -0.25) is 4.79 Å². The van der Waals surface area contributed by atoms with E-state index >= 15 is 0 Å². The summed E-state index contributed by atoms with van der Waals surface area (Å²) < 4.78 is 13.2. The van der Waals surface area contributed by atoms with Crippen LogP contribution in [0.2, 0.25) is 0 Å². The van der Waals surface area contributed by atoms with Crippen LogP contribution in [0, 0.1) is 5.82 Å². The summed E-state index contributed by atoms with van der Waals surface area (Å²) >= 11 is 0. The van der Waals surface area contributed by atoms with E-state index in [2.05, 4.69) is 12.1 Å². The van der Waals surface area contributed by atoms with Crippen molar-refractivity contribution in [3.8, 4) is 0 Å². The summed E-state index contributed by atoms with van der Waals surface area (Å²) in [6, 6.07) is 17.1. The fourth-order valence-corrected chi connectivity index (χ4v) is 3.62. The molecule has 3 heteroatoms. The molecule has 25 heavy (non-hydrogen) atoms. The van der Waals surface area contributed by atoms with E-state index in [0.29, 0.717) is 12.3 Å². The lowest BCUT2D eigenvalue weighted by Gasteiger charge is -2.25. The summed E-state index contributed by atoms with van der Waals surface area (Å²) in [5.74, 6) is 0.373. The molecule has 0 N–H and O–H groups in total.